The molecular formula is C22H21N7S. The molecular weight excluding hydrogens is 394 g/mol. The third-order valence-electron chi connectivity index (χ3n) is 6.21. The van der Waals surface area contributed by atoms with Crippen LogP contribution in [0.3, 0.4) is 0 Å². The van der Waals surface area contributed by atoms with Crippen molar-refractivity contribution in [2.75, 3.05) is 18.0 Å². The number of anilines is 1. The molecule has 1 atom stereocenters. The molecule has 1 aliphatic heterocycles. The van der Waals surface area contributed by atoms with Crippen molar-refractivity contribution in [2.45, 2.75) is 35.2 Å². The van der Waals surface area contributed by atoms with Crippen LogP contribution >= 0.6 is 11.8 Å². The smallest absolute Gasteiger partial charge is 0.283 e. The van der Waals surface area contributed by atoms with Gasteiger partial charge in [0.2, 0.25) is 0 Å². The lowest BCUT2D eigenvalue weighted by Gasteiger charge is -2.42. The number of nitrogens with two attached hydrogens (primary N) is 1. The minimum Gasteiger partial charge on any atom is -0.360 e. The molecule has 5 rings (SSSR count). The number of pyridine rings is 2. The van der Waals surface area contributed by atoms with Gasteiger partial charge in [0.15, 0.2) is 0 Å². The average molecular weight is 416 g/mol. The van der Waals surface area contributed by atoms with Gasteiger partial charge in [-0.05, 0) is 42.4 Å². The highest BCUT2D eigenvalue weighted by atomic mass is 32.2. The Morgan fingerprint density at radius 3 is 2.60 bits per heavy atom. The third kappa shape index (κ3) is 3.30. The van der Waals surface area contributed by atoms with Gasteiger partial charge >= 0.3 is 0 Å². The van der Waals surface area contributed by atoms with Gasteiger partial charge in [-0.3, -0.25) is 4.98 Å². The molecule has 0 bridgehead atoms. The Morgan fingerprint density at radius 2 is 1.87 bits per heavy atom. The number of hydrogen-bond donors (Lipinski definition) is 1. The van der Waals surface area contributed by atoms with Gasteiger partial charge in [0.05, 0.1) is 12.4 Å². The molecule has 2 N–H and O–H groups in total. The Hall–Kier alpha value is -3.02. The molecule has 7 nitrogen and oxygen atoms in total. The van der Waals surface area contributed by atoms with Crippen LogP contribution in [0.1, 0.15) is 30.1 Å². The fourth-order valence-electron chi connectivity index (χ4n) is 4.51. The molecule has 1 fully saturated rings. The Morgan fingerprint density at radius 1 is 1.07 bits per heavy atom. The summed E-state index contributed by atoms with van der Waals surface area (Å²) in [7, 11) is 0. The predicted molar refractivity (Wildman–Crippen MR) is 115 cm³/mol. The molecule has 0 amide bonds. The van der Waals surface area contributed by atoms with E-state index in [4.69, 9.17) is 12.3 Å². The highest BCUT2D eigenvalue weighted by Crippen LogP contribution is 2.50. The monoisotopic (exact) mass is 415 g/mol. The maximum absolute atomic E-state index is 7.24. The van der Waals surface area contributed by atoms with Gasteiger partial charge in [0.25, 0.3) is 5.82 Å². The van der Waals surface area contributed by atoms with Crippen molar-refractivity contribution in [1.29, 1.82) is 0 Å². The summed E-state index contributed by atoms with van der Waals surface area (Å²) in [6, 6.07) is 7.86. The molecule has 4 heterocycles. The normalized spacial score (nSPS) is 19.5. The van der Waals surface area contributed by atoms with E-state index in [9.17, 15) is 0 Å². The largest absolute Gasteiger partial charge is 0.360 e. The highest BCUT2D eigenvalue weighted by Gasteiger charge is 2.46. The molecule has 0 radical (unpaired) electrons. The molecule has 30 heavy (non-hydrogen) atoms. The Bertz CT molecular complexity index is 1100. The molecule has 0 aromatic carbocycles. The first-order chi connectivity index (χ1) is 14.7. The van der Waals surface area contributed by atoms with Crippen LogP contribution in [-0.2, 0) is 6.42 Å². The van der Waals surface area contributed by atoms with Crippen LogP contribution in [0.5, 0.6) is 0 Å². The van der Waals surface area contributed by atoms with E-state index in [0.29, 0.717) is 5.82 Å². The van der Waals surface area contributed by atoms with Crippen molar-refractivity contribution < 1.29 is 0 Å². The van der Waals surface area contributed by atoms with Gasteiger partial charge in [-0.15, -0.1) is 4.98 Å². The summed E-state index contributed by atoms with van der Waals surface area (Å²) >= 11 is 1.41. The summed E-state index contributed by atoms with van der Waals surface area (Å²) in [4.78, 5) is 24.4. The topological polar surface area (TPSA) is 85.2 Å². The van der Waals surface area contributed by atoms with Gasteiger partial charge in [-0.25, -0.2) is 9.97 Å². The van der Waals surface area contributed by atoms with Crippen LogP contribution in [0, 0.1) is 12.0 Å². The summed E-state index contributed by atoms with van der Waals surface area (Å²) in [6.45, 7) is 9.06. The lowest BCUT2D eigenvalue weighted by molar-refractivity contribution is 0.186. The molecule has 3 aromatic rings. The number of fused-ring (bicyclic) bond motifs is 1. The standard InChI is InChI=1S/C22H21N7S/c1-24-21-17(5-3-9-26-21)30-19-14-27-18(13-28-19)29-10-6-22(7-11-29)12-16-15(20(22)23)4-2-8-25-16/h2-5,8-9,13-14,20H,6-7,10-12,23H2/t20-/m1/s1. The van der Waals surface area contributed by atoms with E-state index in [1.54, 1.807) is 12.4 Å². The van der Waals surface area contributed by atoms with Crippen molar-refractivity contribution in [1.82, 2.24) is 19.9 Å². The Labute approximate surface area is 179 Å². The first-order valence-corrected chi connectivity index (χ1v) is 10.8. The molecule has 150 valence electrons. The molecule has 1 spiro atoms. The number of rotatable bonds is 3. The lowest BCUT2D eigenvalue weighted by atomic mass is 9.73. The van der Waals surface area contributed by atoms with E-state index in [1.165, 1.54) is 17.3 Å². The fraction of sp³-hybridized carbons (Fsp3) is 0.318. The SMILES string of the molecule is [C-]#[N+]c1ncccc1Sc1cnc(N2CCC3(CC2)Cc2ncccc2[C@H]3N)cn1. The van der Waals surface area contributed by atoms with Crippen molar-refractivity contribution in [3.8, 4) is 0 Å². The number of aromatic nitrogens is 4. The van der Waals surface area contributed by atoms with E-state index in [1.807, 2.05) is 30.6 Å². The molecule has 3 aromatic heterocycles. The first kappa shape index (κ1) is 19.0. The van der Waals surface area contributed by atoms with E-state index in [-0.39, 0.29) is 11.5 Å². The zero-order valence-electron chi connectivity index (χ0n) is 16.4. The molecule has 1 saturated heterocycles. The van der Waals surface area contributed by atoms with Gasteiger partial charge in [-0.1, -0.05) is 30.5 Å². The van der Waals surface area contributed by atoms with E-state index < -0.39 is 0 Å². The summed E-state index contributed by atoms with van der Waals surface area (Å²) in [5.74, 6) is 1.27. The summed E-state index contributed by atoms with van der Waals surface area (Å²) in [6.07, 6.45) is 10.1. The summed E-state index contributed by atoms with van der Waals surface area (Å²) in [5.41, 5.74) is 9.12. The van der Waals surface area contributed by atoms with Gasteiger partial charge < -0.3 is 15.5 Å². The summed E-state index contributed by atoms with van der Waals surface area (Å²) in [5, 5.41) is 0.754. The molecule has 2 aliphatic rings. The minimum absolute atomic E-state index is 0.0596. The van der Waals surface area contributed by atoms with Crippen LogP contribution in [0.15, 0.2) is 59.0 Å². The van der Waals surface area contributed by atoms with Crippen LogP contribution in [-0.4, -0.2) is 33.0 Å². The Kier molecular flexibility index (Phi) is 4.85. The van der Waals surface area contributed by atoms with E-state index in [0.717, 1.165) is 53.8 Å². The molecule has 0 saturated carbocycles. The quantitative estimate of drug-likeness (QED) is 0.651. The predicted octanol–water partition coefficient (Wildman–Crippen LogP) is 3.81. The second kappa shape index (κ2) is 7.67. The van der Waals surface area contributed by atoms with Crippen molar-refractivity contribution in [3.63, 3.8) is 0 Å². The number of nitrogens with zero attached hydrogens (tertiary/aromatic N) is 6. The molecule has 1 aliphatic carbocycles. The van der Waals surface area contributed by atoms with Crippen molar-refractivity contribution >= 4 is 23.4 Å². The van der Waals surface area contributed by atoms with Gasteiger partial charge in [0.1, 0.15) is 17.0 Å². The van der Waals surface area contributed by atoms with Gasteiger partial charge in [-0.2, -0.15) is 0 Å². The average Bonchev–Trinajstić information content (AvgIpc) is 3.07. The molecule has 8 heteroatoms. The maximum Gasteiger partial charge on any atom is 0.283 e. The second-order valence-electron chi connectivity index (χ2n) is 7.80. The zero-order valence-corrected chi connectivity index (χ0v) is 17.2. The van der Waals surface area contributed by atoms with E-state index in [2.05, 4.69) is 35.7 Å². The van der Waals surface area contributed by atoms with Crippen LogP contribution < -0.4 is 10.6 Å². The van der Waals surface area contributed by atoms with Gasteiger partial charge in [0, 0.05) is 35.9 Å². The van der Waals surface area contributed by atoms with Crippen molar-refractivity contribution in [2.24, 2.45) is 11.1 Å². The van der Waals surface area contributed by atoms with Crippen LogP contribution in [0.4, 0.5) is 11.6 Å². The van der Waals surface area contributed by atoms with Crippen LogP contribution in [0.25, 0.3) is 4.85 Å². The Balaban J connectivity index is 1.26. The highest BCUT2D eigenvalue weighted by molar-refractivity contribution is 7.99. The number of hydrogen-bond acceptors (Lipinski definition) is 7. The second-order valence-corrected chi connectivity index (χ2v) is 8.86. The molecule has 0 unspecified atom stereocenters. The fourth-order valence-corrected chi connectivity index (χ4v) is 5.28. The van der Waals surface area contributed by atoms with Crippen LogP contribution in [0.2, 0.25) is 0 Å². The van der Waals surface area contributed by atoms with Crippen molar-refractivity contribution in [3.05, 3.63) is 71.7 Å². The number of piperidine rings is 1. The maximum atomic E-state index is 7.24. The minimum atomic E-state index is 0.0596. The summed E-state index contributed by atoms with van der Waals surface area (Å²) < 4.78 is 0. The first-order valence-electron chi connectivity index (χ1n) is 9.95. The zero-order chi connectivity index (χ0) is 20.6. The van der Waals surface area contributed by atoms with E-state index >= 15 is 0 Å². The lowest BCUT2D eigenvalue weighted by Crippen LogP contribution is -2.44. The third-order valence-corrected chi connectivity index (χ3v) is 7.17.